The van der Waals surface area contributed by atoms with Gasteiger partial charge in [0.25, 0.3) is 5.89 Å². The molecule has 8 heteroatoms. The fourth-order valence-electron chi connectivity index (χ4n) is 3.17. The Balaban J connectivity index is 1.52. The molecule has 0 radical (unpaired) electrons. The Hall–Kier alpha value is -3.29. The van der Waals surface area contributed by atoms with Crippen LogP contribution in [0.2, 0.25) is 0 Å². The van der Waals surface area contributed by atoms with E-state index in [1.807, 2.05) is 6.07 Å². The molecule has 3 aromatic rings. The Labute approximate surface area is 155 Å². The van der Waals surface area contributed by atoms with Crippen molar-refractivity contribution in [3.8, 4) is 23.0 Å². The molecule has 1 aromatic carbocycles. The molecule has 1 fully saturated rings. The predicted octanol–water partition coefficient (Wildman–Crippen LogP) is 2.86. The lowest BCUT2D eigenvalue weighted by Crippen LogP contribution is -2.24. The highest BCUT2D eigenvalue weighted by atomic mass is 16.5. The molecule has 0 N–H and O–H groups in total. The molecule has 2 aromatic heterocycles. The number of methoxy groups -OCH3 is 2. The average molecular weight is 369 g/mol. The van der Waals surface area contributed by atoms with Gasteiger partial charge in [-0.2, -0.15) is 4.98 Å². The number of amides is 1. The molecule has 1 unspecified atom stereocenters. The number of likely N-dealkylation sites (tertiary alicyclic amines) is 1. The van der Waals surface area contributed by atoms with Gasteiger partial charge in [-0.1, -0.05) is 5.16 Å². The molecule has 0 bridgehead atoms. The summed E-state index contributed by atoms with van der Waals surface area (Å²) in [6.07, 6.45) is 1.94. The number of carbonyl (C=O) groups is 1. The number of nitrogens with zero attached hydrogens (tertiary/aromatic N) is 3. The highest BCUT2D eigenvalue weighted by Crippen LogP contribution is 2.34. The zero-order valence-electron chi connectivity index (χ0n) is 15.0. The maximum atomic E-state index is 12.3. The van der Waals surface area contributed by atoms with Crippen LogP contribution in [0.15, 0.2) is 45.5 Å². The minimum Gasteiger partial charge on any atom is -0.497 e. The molecule has 1 aliphatic rings. The first-order chi connectivity index (χ1) is 13.2. The number of aromatic nitrogens is 2. The van der Waals surface area contributed by atoms with Gasteiger partial charge in [0.15, 0.2) is 5.82 Å². The molecule has 4 rings (SSSR count). The molecule has 0 saturated carbocycles. The fraction of sp³-hybridized carbons (Fsp3) is 0.316. The van der Waals surface area contributed by atoms with Crippen LogP contribution in [0.1, 0.15) is 23.9 Å². The number of hydrogen-bond donors (Lipinski definition) is 0. The number of benzene rings is 1. The highest BCUT2D eigenvalue weighted by molar-refractivity contribution is 5.79. The lowest BCUT2D eigenvalue weighted by atomic mass is 10.1. The van der Waals surface area contributed by atoms with Crippen molar-refractivity contribution in [2.24, 2.45) is 0 Å². The number of hydrogen-bond acceptors (Lipinski definition) is 7. The van der Waals surface area contributed by atoms with E-state index in [4.69, 9.17) is 18.4 Å². The smallest absolute Gasteiger partial charge is 0.261 e. The molecule has 0 aliphatic carbocycles. The molecular formula is C19H19N3O5. The van der Waals surface area contributed by atoms with Crippen LogP contribution in [-0.4, -0.2) is 41.7 Å². The Bertz CT molecular complexity index is 935. The molecule has 1 amide bonds. The zero-order valence-corrected chi connectivity index (χ0v) is 15.0. The van der Waals surface area contributed by atoms with Gasteiger partial charge in [-0.25, -0.2) is 0 Å². The molecule has 1 saturated heterocycles. The van der Waals surface area contributed by atoms with Crippen LogP contribution in [0, 0.1) is 0 Å². The van der Waals surface area contributed by atoms with Crippen LogP contribution in [0.25, 0.3) is 11.5 Å². The summed E-state index contributed by atoms with van der Waals surface area (Å²) in [4.78, 5) is 18.5. The highest BCUT2D eigenvalue weighted by Gasteiger charge is 2.34. The molecule has 0 spiro atoms. The van der Waals surface area contributed by atoms with Gasteiger partial charge in [-0.3, -0.25) is 4.79 Å². The molecule has 3 heterocycles. The second-order valence-electron chi connectivity index (χ2n) is 6.28. The SMILES string of the molecule is COc1ccc(-c2nc(C3CC(=O)N(Cc4ccco4)C3)no2)c(OC)c1. The molecule has 8 nitrogen and oxygen atoms in total. The molecule has 27 heavy (non-hydrogen) atoms. The van der Waals surface area contributed by atoms with Crippen molar-refractivity contribution in [1.82, 2.24) is 15.0 Å². The molecular weight excluding hydrogens is 350 g/mol. The maximum absolute atomic E-state index is 12.3. The van der Waals surface area contributed by atoms with Gasteiger partial charge in [0, 0.05) is 24.9 Å². The quantitative estimate of drug-likeness (QED) is 0.660. The summed E-state index contributed by atoms with van der Waals surface area (Å²) < 4.78 is 21.3. The van der Waals surface area contributed by atoms with E-state index in [2.05, 4.69) is 10.1 Å². The third-order valence-electron chi connectivity index (χ3n) is 4.59. The fourth-order valence-corrected chi connectivity index (χ4v) is 3.17. The topological polar surface area (TPSA) is 90.8 Å². The Morgan fingerprint density at radius 1 is 1.26 bits per heavy atom. The van der Waals surface area contributed by atoms with E-state index in [9.17, 15) is 4.79 Å². The standard InChI is InChI=1S/C19H19N3O5/c1-24-13-5-6-15(16(9-13)25-2)19-20-18(21-27-19)12-8-17(23)22(10-12)11-14-4-3-7-26-14/h3-7,9,12H,8,10-11H2,1-2H3. The van der Waals surface area contributed by atoms with Crippen molar-refractivity contribution in [3.63, 3.8) is 0 Å². The first-order valence-electron chi connectivity index (χ1n) is 8.54. The lowest BCUT2D eigenvalue weighted by molar-refractivity contribution is -0.128. The average Bonchev–Trinajstić information content (AvgIpc) is 3.43. The van der Waals surface area contributed by atoms with Gasteiger partial charge >= 0.3 is 0 Å². The van der Waals surface area contributed by atoms with Crippen LogP contribution >= 0.6 is 0 Å². The van der Waals surface area contributed by atoms with E-state index in [-0.39, 0.29) is 11.8 Å². The normalized spacial score (nSPS) is 16.7. The van der Waals surface area contributed by atoms with Crippen molar-refractivity contribution in [3.05, 3.63) is 48.2 Å². The van der Waals surface area contributed by atoms with Crippen LogP contribution in [0.4, 0.5) is 0 Å². The lowest BCUT2D eigenvalue weighted by Gasteiger charge is -2.13. The van der Waals surface area contributed by atoms with Crippen molar-refractivity contribution in [2.45, 2.75) is 18.9 Å². The summed E-state index contributed by atoms with van der Waals surface area (Å²) in [7, 11) is 3.16. The van der Waals surface area contributed by atoms with E-state index in [0.717, 1.165) is 5.76 Å². The zero-order chi connectivity index (χ0) is 18.8. The molecule has 140 valence electrons. The summed E-state index contributed by atoms with van der Waals surface area (Å²) in [6.45, 7) is 0.970. The van der Waals surface area contributed by atoms with Crippen LogP contribution < -0.4 is 9.47 Å². The molecule has 1 atom stereocenters. The third-order valence-corrected chi connectivity index (χ3v) is 4.59. The number of furan rings is 1. The minimum atomic E-state index is -0.116. The number of carbonyl (C=O) groups excluding carboxylic acids is 1. The van der Waals surface area contributed by atoms with Crippen molar-refractivity contribution < 1.29 is 23.2 Å². The monoisotopic (exact) mass is 369 g/mol. The minimum absolute atomic E-state index is 0.0461. The van der Waals surface area contributed by atoms with E-state index in [1.165, 1.54) is 0 Å². The Morgan fingerprint density at radius 2 is 2.15 bits per heavy atom. The van der Waals surface area contributed by atoms with Crippen LogP contribution in [0.3, 0.4) is 0 Å². The van der Waals surface area contributed by atoms with E-state index < -0.39 is 0 Å². The van der Waals surface area contributed by atoms with Gasteiger partial charge in [0.1, 0.15) is 17.3 Å². The van der Waals surface area contributed by atoms with Crippen molar-refractivity contribution in [2.75, 3.05) is 20.8 Å². The maximum Gasteiger partial charge on any atom is 0.261 e. The summed E-state index contributed by atoms with van der Waals surface area (Å²) in [5, 5.41) is 4.08. The number of ether oxygens (including phenoxy) is 2. The summed E-state index contributed by atoms with van der Waals surface area (Å²) in [6, 6.07) is 9.01. The Morgan fingerprint density at radius 3 is 2.89 bits per heavy atom. The predicted molar refractivity (Wildman–Crippen MR) is 94.3 cm³/mol. The van der Waals surface area contributed by atoms with Crippen LogP contribution in [0.5, 0.6) is 11.5 Å². The van der Waals surface area contributed by atoms with Gasteiger partial charge in [-0.05, 0) is 24.3 Å². The second kappa shape index (κ2) is 7.14. The van der Waals surface area contributed by atoms with E-state index >= 15 is 0 Å². The summed E-state index contributed by atoms with van der Waals surface area (Å²) in [5.41, 5.74) is 0.675. The largest absolute Gasteiger partial charge is 0.497 e. The van der Waals surface area contributed by atoms with Crippen LogP contribution in [-0.2, 0) is 11.3 Å². The first kappa shape index (κ1) is 17.1. The van der Waals surface area contributed by atoms with E-state index in [0.29, 0.717) is 48.3 Å². The van der Waals surface area contributed by atoms with Gasteiger partial charge in [0.05, 0.1) is 32.6 Å². The van der Waals surface area contributed by atoms with Crippen molar-refractivity contribution in [1.29, 1.82) is 0 Å². The van der Waals surface area contributed by atoms with Gasteiger partial charge < -0.3 is 23.3 Å². The van der Waals surface area contributed by atoms with Crippen molar-refractivity contribution >= 4 is 5.91 Å². The van der Waals surface area contributed by atoms with Gasteiger partial charge in [-0.15, -0.1) is 0 Å². The summed E-state index contributed by atoms with van der Waals surface area (Å²) in [5.74, 6) is 2.79. The first-order valence-corrected chi connectivity index (χ1v) is 8.54. The second-order valence-corrected chi connectivity index (χ2v) is 6.28. The Kier molecular flexibility index (Phi) is 4.53. The van der Waals surface area contributed by atoms with Gasteiger partial charge in [0.2, 0.25) is 5.91 Å². The molecule has 1 aliphatic heterocycles. The van der Waals surface area contributed by atoms with E-state index in [1.54, 1.807) is 49.6 Å². The number of rotatable bonds is 6. The summed E-state index contributed by atoms with van der Waals surface area (Å²) >= 11 is 0. The third kappa shape index (κ3) is 3.38.